The molecule has 2 aromatic rings. The maximum Gasteiger partial charge on any atom is 0.0398 e. The van der Waals surface area contributed by atoms with Crippen LogP contribution in [0.2, 0.25) is 0 Å². The van der Waals surface area contributed by atoms with Gasteiger partial charge in [-0.05, 0) is 36.2 Å². The summed E-state index contributed by atoms with van der Waals surface area (Å²) in [7, 11) is 0. The van der Waals surface area contributed by atoms with E-state index in [9.17, 15) is 0 Å². The van der Waals surface area contributed by atoms with E-state index < -0.39 is 0 Å². The molecule has 18 heavy (non-hydrogen) atoms. The molecular formula is C16H18N2. The number of nitrogens with one attached hydrogen (secondary N) is 2. The highest BCUT2D eigenvalue weighted by atomic mass is 15.0. The number of hydrogen-bond acceptors (Lipinski definition) is 2. The van der Waals surface area contributed by atoms with Crippen molar-refractivity contribution in [1.82, 2.24) is 5.32 Å². The number of rotatable bonds is 3. The van der Waals surface area contributed by atoms with E-state index in [0.717, 1.165) is 13.1 Å². The van der Waals surface area contributed by atoms with Gasteiger partial charge in [-0.25, -0.2) is 0 Å². The van der Waals surface area contributed by atoms with Crippen LogP contribution >= 0.6 is 0 Å². The van der Waals surface area contributed by atoms with E-state index in [4.69, 9.17) is 0 Å². The predicted octanol–water partition coefficient (Wildman–Crippen LogP) is 3.13. The zero-order valence-electron chi connectivity index (χ0n) is 10.4. The fraction of sp³-hybridized carbons (Fsp3) is 0.250. The summed E-state index contributed by atoms with van der Waals surface area (Å²) in [5.74, 6) is 0. The first kappa shape index (κ1) is 11.3. The second-order valence-electron chi connectivity index (χ2n) is 4.78. The van der Waals surface area contributed by atoms with E-state index in [2.05, 4.69) is 65.2 Å². The normalized spacial score (nSPS) is 18.8. The molecule has 0 spiro atoms. The molecule has 1 atom stereocenters. The topological polar surface area (TPSA) is 24.1 Å². The van der Waals surface area contributed by atoms with Crippen LogP contribution < -0.4 is 10.6 Å². The lowest BCUT2D eigenvalue weighted by molar-refractivity contribution is 0.793. The summed E-state index contributed by atoms with van der Waals surface area (Å²) in [5, 5.41) is 6.96. The average Bonchev–Trinajstić information content (AvgIpc) is 2.93. The van der Waals surface area contributed by atoms with Crippen LogP contribution in [-0.4, -0.2) is 19.1 Å². The van der Waals surface area contributed by atoms with E-state index in [1.54, 1.807) is 0 Å². The Morgan fingerprint density at radius 2 is 1.78 bits per heavy atom. The average molecular weight is 238 g/mol. The second-order valence-corrected chi connectivity index (χ2v) is 4.78. The van der Waals surface area contributed by atoms with E-state index in [1.165, 1.54) is 23.2 Å². The third-order valence-corrected chi connectivity index (χ3v) is 3.40. The molecule has 1 fully saturated rings. The monoisotopic (exact) mass is 238 g/mol. The van der Waals surface area contributed by atoms with Gasteiger partial charge in [-0.1, -0.05) is 42.5 Å². The first-order valence-corrected chi connectivity index (χ1v) is 6.54. The SMILES string of the molecule is c1ccc(-c2cccc(NC3CCNC3)c2)cc1. The molecule has 1 aliphatic heterocycles. The highest BCUT2D eigenvalue weighted by Gasteiger charge is 2.13. The molecule has 0 bridgehead atoms. The predicted molar refractivity (Wildman–Crippen MR) is 76.8 cm³/mol. The molecule has 2 aromatic carbocycles. The van der Waals surface area contributed by atoms with Crippen LogP contribution in [0.15, 0.2) is 54.6 Å². The van der Waals surface area contributed by atoms with Gasteiger partial charge >= 0.3 is 0 Å². The highest BCUT2D eigenvalue weighted by molar-refractivity contribution is 5.68. The third kappa shape index (κ3) is 2.54. The lowest BCUT2D eigenvalue weighted by Crippen LogP contribution is -2.21. The fourth-order valence-corrected chi connectivity index (χ4v) is 2.43. The van der Waals surface area contributed by atoms with E-state index in [1.807, 2.05) is 0 Å². The maximum atomic E-state index is 3.59. The zero-order valence-corrected chi connectivity index (χ0v) is 10.4. The van der Waals surface area contributed by atoms with Gasteiger partial charge in [-0.2, -0.15) is 0 Å². The zero-order chi connectivity index (χ0) is 12.2. The Bertz CT molecular complexity index is 502. The molecule has 0 saturated carbocycles. The Labute approximate surface area is 108 Å². The molecule has 3 rings (SSSR count). The van der Waals surface area contributed by atoms with Crippen LogP contribution in [0.3, 0.4) is 0 Å². The minimum Gasteiger partial charge on any atom is -0.381 e. The largest absolute Gasteiger partial charge is 0.381 e. The standard InChI is InChI=1S/C16H18N2/c1-2-5-13(6-3-1)14-7-4-8-15(11-14)18-16-9-10-17-12-16/h1-8,11,16-18H,9-10,12H2. The molecule has 2 N–H and O–H groups in total. The molecule has 0 aliphatic carbocycles. The summed E-state index contributed by atoms with van der Waals surface area (Å²) in [6.45, 7) is 2.19. The molecule has 1 unspecified atom stereocenters. The molecule has 2 heteroatoms. The van der Waals surface area contributed by atoms with Crippen LogP contribution in [0.5, 0.6) is 0 Å². The molecule has 0 amide bonds. The van der Waals surface area contributed by atoms with Crippen LogP contribution in [0.25, 0.3) is 11.1 Å². The Morgan fingerprint density at radius 3 is 2.56 bits per heavy atom. The van der Waals surface area contributed by atoms with Crippen molar-refractivity contribution in [2.45, 2.75) is 12.5 Å². The minimum absolute atomic E-state index is 0.566. The van der Waals surface area contributed by atoms with Gasteiger partial charge in [0.15, 0.2) is 0 Å². The second kappa shape index (κ2) is 5.23. The van der Waals surface area contributed by atoms with E-state index >= 15 is 0 Å². The minimum atomic E-state index is 0.566. The van der Waals surface area contributed by atoms with Crippen molar-refractivity contribution in [1.29, 1.82) is 0 Å². The first-order valence-electron chi connectivity index (χ1n) is 6.54. The van der Waals surface area contributed by atoms with Gasteiger partial charge < -0.3 is 10.6 Å². The van der Waals surface area contributed by atoms with Gasteiger partial charge in [-0.3, -0.25) is 0 Å². The van der Waals surface area contributed by atoms with Crippen molar-refractivity contribution >= 4 is 5.69 Å². The van der Waals surface area contributed by atoms with Gasteiger partial charge in [-0.15, -0.1) is 0 Å². The highest BCUT2D eigenvalue weighted by Crippen LogP contribution is 2.23. The summed E-state index contributed by atoms with van der Waals surface area (Å²) in [4.78, 5) is 0. The van der Waals surface area contributed by atoms with Crippen molar-refractivity contribution in [3.63, 3.8) is 0 Å². The number of hydrogen-bond donors (Lipinski definition) is 2. The van der Waals surface area contributed by atoms with Gasteiger partial charge in [0, 0.05) is 18.3 Å². The molecular weight excluding hydrogens is 220 g/mol. The number of benzene rings is 2. The fourth-order valence-electron chi connectivity index (χ4n) is 2.43. The molecule has 1 saturated heterocycles. The van der Waals surface area contributed by atoms with Crippen LogP contribution in [0.1, 0.15) is 6.42 Å². The molecule has 1 heterocycles. The lowest BCUT2D eigenvalue weighted by atomic mass is 10.1. The van der Waals surface area contributed by atoms with E-state index in [-0.39, 0.29) is 0 Å². The Morgan fingerprint density at radius 1 is 0.944 bits per heavy atom. The van der Waals surface area contributed by atoms with Crippen LogP contribution in [-0.2, 0) is 0 Å². The summed E-state index contributed by atoms with van der Waals surface area (Å²) < 4.78 is 0. The van der Waals surface area contributed by atoms with Crippen molar-refractivity contribution in [2.24, 2.45) is 0 Å². The Balaban J connectivity index is 1.80. The first-order chi connectivity index (χ1) is 8.92. The number of anilines is 1. The molecule has 2 nitrogen and oxygen atoms in total. The van der Waals surface area contributed by atoms with Crippen molar-refractivity contribution in [3.05, 3.63) is 54.6 Å². The molecule has 0 aromatic heterocycles. The Hall–Kier alpha value is -1.80. The summed E-state index contributed by atoms with van der Waals surface area (Å²) in [6.07, 6.45) is 1.20. The Kier molecular flexibility index (Phi) is 3.29. The molecule has 1 aliphatic rings. The molecule has 0 radical (unpaired) electrons. The maximum absolute atomic E-state index is 3.59. The summed E-state index contributed by atoms with van der Waals surface area (Å²) >= 11 is 0. The van der Waals surface area contributed by atoms with Crippen molar-refractivity contribution in [2.75, 3.05) is 18.4 Å². The quantitative estimate of drug-likeness (QED) is 0.858. The third-order valence-electron chi connectivity index (χ3n) is 3.40. The van der Waals surface area contributed by atoms with Crippen molar-refractivity contribution in [3.8, 4) is 11.1 Å². The van der Waals surface area contributed by atoms with Gasteiger partial charge in [0.2, 0.25) is 0 Å². The van der Waals surface area contributed by atoms with Crippen LogP contribution in [0.4, 0.5) is 5.69 Å². The summed E-state index contributed by atoms with van der Waals surface area (Å²) in [5.41, 5.74) is 3.75. The summed E-state index contributed by atoms with van der Waals surface area (Å²) in [6, 6.07) is 19.7. The van der Waals surface area contributed by atoms with Gasteiger partial charge in [0.05, 0.1) is 0 Å². The smallest absolute Gasteiger partial charge is 0.0398 e. The van der Waals surface area contributed by atoms with E-state index in [0.29, 0.717) is 6.04 Å². The molecule has 92 valence electrons. The van der Waals surface area contributed by atoms with Gasteiger partial charge in [0.25, 0.3) is 0 Å². The lowest BCUT2D eigenvalue weighted by Gasteiger charge is -2.13. The van der Waals surface area contributed by atoms with Crippen molar-refractivity contribution < 1.29 is 0 Å². The van der Waals surface area contributed by atoms with Crippen LogP contribution in [0, 0.1) is 0 Å². The van der Waals surface area contributed by atoms with Gasteiger partial charge in [0.1, 0.15) is 0 Å².